The first-order valence-electron chi connectivity index (χ1n) is 14.5. The molecule has 3 atom stereocenters. The third kappa shape index (κ3) is 4.35. The summed E-state index contributed by atoms with van der Waals surface area (Å²) in [6.07, 6.45) is 5.98. The average molecular weight is 511 g/mol. The van der Waals surface area contributed by atoms with Gasteiger partial charge in [0.25, 0.3) is 8.32 Å². The van der Waals surface area contributed by atoms with Crippen LogP contribution in [0.1, 0.15) is 96.8 Å². The predicted molar refractivity (Wildman–Crippen MR) is 161 cm³/mol. The number of hydrogen-bond donors (Lipinski definition) is 0. The summed E-state index contributed by atoms with van der Waals surface area (Å²) in [5.74, 6) is 1.08. The molecule has 3 aromatic rings. The van der Waals surface area contributed by atoms with Gasteiger partial charge >= 0.3 is 0 Å². The van der Waals surface area contributed by atoms with Crippen molar-refractivity contribution in [1.82, 2.24) is 0 Å². The molecule has 1 saturated carbocycles. The van der Waals surface area contributed by atoms with E-state index in [2.05, 4.69) is 127 Å². The van der Waals surface area contributed by atoms with Gasteiger partial charge in [0.05, 0.1) is 5.60 Å². The van der Waals surface area contributed by atoms with Crippen LogP contribution in [0.25, 0.3) is 0 Å². The van der Waals surface area contributed by atoms with E-state index in [-0.39, 0.29) is 16.1 Å². The Balaban J connectivity index is 1.64. The lowest BCUT2D eigenvalue weighted by Gasteiger charge is -2.59. The highest BCUT2D eigenvalue weighted by Gasteiger charge is 2.59. The number of benzene rings is 3. The Morgan fingerprint density at radius 1 is 0.838 bits per heavy atom. The molecule has 0 unspecified atom stereocenters. The van der Waals surface area contributed by atoms with E-state index >= 15 is 0 Å². The van der Waals surface area contributed by atoms with E-state index in [1.807, 2.05) is 0 Å². The van der Waals surface area contributed by atoms with Gasteiger partial charge in [0.1, 0.15) is 0 Å². The Morgan fingerprint density at radius 2 is 1.43 bits per heavy atom. The van der Waals surface area contributed by atoms with Crippen molar-refractivity contribution in [2.75, 3.05) is 0 Å². The minimum atomic E-state index is -2.63. The van der Waals surface area contributed by atoms with Crippen molar-refractivity contribution >= 4 is 18.7 Å². The summed E-state index contributed by atoms with van der Waals surface area (Å²) in [7, 11) is -2.63. The molecule has 0 amide bonds. The van der Waals surface area contributed by atoms with E-state index in [0.29, 0.717) is 11.8 Å². The molecule has 0 radical (unpaired) electrons. The second-order valence-electron chi connectivity index (χ2n) is 13.5. The van der Waals surface area contributed by atoms with E-state index in [1.165, 1.54) is 35.2 Å². The molecule has 5 rings (SSSR count). The highest BCUT2D eigenvalue weighted by Crippen LogP contribution is 2.56. The highest BCUT2D eigenvalue weighted by molar-refractivity contribution is 6.99. The molecule has 2 aliphatic rings. The summed E-state index contributed by atoms with van der Waals surface area (Å²) in [5, 5.41) is 2.77. The summed E-state index contributed by atoms with van der Waals surface area (Å²) >= 11 is 0. The highest BCUT2D eigenvalue weighted by atomic mass is 28.4. The van der Waals surface area contributed by atoms with Crippen LogP contribution in [0.4, 0.5) is 0 Å². The van der Waals surface area contributed by atoms with Gasteiger partial charge in [-0.25, -0.2) is 0 Å². The molecular formula is C35H46OSi. The molecule has 0 spiro atoms. The third-order valence-corrected chi connectivity index (χ3v) is 15.0. The Kier molecular flexibility index (Phi) is 6.82. The van der Waals surface area contributed by atoms with Crippen molar-refractivity contribution in [2.45, 2.75) is 103 Å². The lowest BCUT2D eigenvalue weighted by atomic mass is 9.53. The van der Waals surface area contributed by atoms with Crippen molar-refractivity contribution in [1.29, 1.82) is 0 Å². The van der Waals surface area contributed by atoms with Gasteiger partial charge < -0.3 is 4.43 Å². The molecule has 1 fully saturated rings. The minimum absolute atomic E-state index is 0.00863. The van der Waals surface area contributed by atoms with E-state index in [9.17, 15) is 0 Å². The Morgan fingerprint density at radius 3 is 1.97 bits per heavy atom. The fourth-order valence-electron chi connectivity index (χ4n) is 7.93. The zero-order valence-electron chi connectivity index (χ0n) is 24.1. The second-order valence-corrected chi connectivity index (χ2v) is 17.7. The van der Waals surface area contributed by atoms with Crippen LogP contribution < -0.4 is 10.4 Å². The van der Waals surface area contributed by atoms with Gasteiger partial charge in [0, 0.05) is 0 Å². The molecule has 0 aliphatic heterocycles. The summed E-state index contributed by atoms with van der Waals surface area (Å²) in [6, 6.07) is 29.8. The zero-order chi connectivity index (χ0) is 26.5. The van der Waals surface area contributed by atoms with Crippen molar-refractivity contribution in [3.8, 4) is 0 Å². The van der Waals surface area contributed by atoms with Gasteiger partial charge in [-0.3, -0.25) is 0 Å². The zero-order valence-corrected chi connectivity index (χ0v) is 25.1. The van der Waals surface area contributed by atoms with E-state index in [0.717, 1.165) is 12.8 Å². The van der Waals surface area contributed by atoms with Gasteiger partial charge in [-0.1, -0.05) is 120 Å². The quantitative estimate of drug-likeness (QED) is 0.315. The number of hydrogen-bond acceptors (Lipinski definition) is 1. The van der Waals surface area contributed by atoms with E-state index in [1.54, 1.807) is 11.1 Å². The van der Waals surface area contributed by atoms with Crippen LogP contribution in [-0.4, -0.2) is 13.9 Å². The molecule has 196 valence electrons. The van der Waals surface area contributed by atoms with Gasteiger partial charge in [-0.05, 0) is 88.4 Å². The molecular weight excluding hydrogens is 464 g/mol. The van der Waals surface area contributed by atoms with Gasteiger partial charge in [0.15, 0.2) is 0 Å². The fraction of sp³-hybridized carbons (Fsp3) is 0.486. The summed E-state index contributed by atoms with van der Waals surface area (Å²) in [4.78, 5) is 0. The van der Waals surface area contributed by atoms with Crippen LogP contribution in [0.2, 0.25) is 5.04 Å². The van der Waals surface area contributed by atoms with Gasteiger partial charge in [0.2, 0.25) is 0 Å². The number of fused-ring (bicyclic) bond motifs is 3. The van der Waals surface area contributed by atoms with Crippen molar-refractivity contribution < 1.29 is 4.43 Å². The molecule has 37 heavy (non-hydrogen) atoms. The molecule has 2 heteroatoms. The monoisotopic (exact) mass is 510 g/mol. The van der Waals surface area contributed by atoms with Crippen molar-refractivity contribution in [3.05, 3.63) is 95.6 Å². The Bertz CT molecular complexity index is 1190. The van der Waals surface area contributed by atoms with E-state index < -0.39 is 8.32 Å². The van der Waals surface area contributed by atoms with Crippen LogP contribution >= 0.6 is 0 Å². The number of aryl methyl sites for hydroxylation is 1. The smallest absolute Gasteiger partial charge is 0.261 e. The molecule has 0 saturated heterocycles. The SMILES string of the molecule is CC(C)c1ccc2c(c1)CC[C@H]1[C@](C)(O[Si](c3ccccc3)(c3ccccc3)C(C)(C)C)CCC[C@]21C. The summed E-state index contributed by atoms with van der Waals surface area (Å²) < 4.78 is 7.95. The first-order chi connectivity index (χ1) is 17.5. The molecule has 0 aromatic heterocycles. The lowest BCUT2D eigenvalue weighted by Crippen LogP contribution is -2.71. The minimum Gasteiger partial charge on any atom is -0.402 e. The topological polar surface area (TPSA) is 9.23 Å². The molecule has 0 N–H and O–H groups in total. The van der Waals surface area contributed by atoms with Crippen molar-refractivity contribution in [3.63, 3.8) is 0 Å². The molecule has 0 bridgehead atoms. The molecule has 2 aliphatic carbocycles. The Hall–Kier alpha value is -2.16. The molecule has 0 heterocycles. The van der Waals surface area contributed by atoms with Crippen LogP contribution in [-0.2, 0) is 16.3 Å². The normalized spacial score (nSPS) is 26.0. The number of rotatable bonds is 5. The van der Waals surface area contributed by atoms with E-state index in [4.69, 9.17) is 4.43 Å². The molecule has 1 nitrogen and oxygen atoms in total. The summed E-state index contributed by atoms with van der Waals surface area (Å²) in [5.41, 5.74) is 4.63. The van der Waals surface area contributed by atoms with Gasteiger partial charge in [-0.15, -0.1) is 0 Å². The predicted octanol–water partition coefficient (Wildman–Crippen LogP) is 8.15. The third-order valence-electron chi connectivity index (χ3n) is 9.79. The van der Waals surface area contributed by atoms with Crippen LogP contribution in [0, 0.1) is 5.92 Å². The molecule has 3 aromatic carbocycles. The maximum absolute atomic E-state index is 7.95. The van der Waals surface area contributed by atoms with Crippen LogP contribution in [0.15, 0.2) is 78.9 Å². The van der Waals surface area contributed by atoms with Crippen LogP contribution in [0.5, 0.6) is 0 Å². The second kappa shape index (κ2) is 9.54. The average Bonchev–Trinajstić information content (AvgIpc) is 2.87. The van der Waals surface area contributed by atoms with Gasteiger partial charge in [-0.2, -0.15) is 0 Å². The fourth-order valence-corrected chi connectivity index (χ4v) is 12.8. The maximum atomic E-state index is 7.95. The largest absolute Gasteiger partial charge is 0.402 e. The Labute approximate surface area is 226 Å². The summed E-state index contributed by atoms with van der Waals surface area (Å²) in [6.45, 7) is 16.9. The first kappa shape index (κ1) is 26.4. The lowest BCUT2D eigenvalue weighted by molar-refractivity contribution is -0.0617. The van der Waals surface area contributed by atoms with Crippen molar-refractivity contribution in [2.24, 2.45) is 5.92 Å². The first-order valence-corrected chi connectivity index (χ1v) is 16.4. The maximum Gasteiger partial charge on any atom is 0.261 e. The standard InChI is InChI=1S/C35H46OSi/c1-26(2)27-19-21-31-28(25-27)20-22-32-34(31,6)23-14-24-35(32,7)36-37(33(3,4)5,29-15-10-8-11-16-29)30-17-12-9-13-18-30/h8-13,15-19,21,25-26,32H,14,20,22-24H2,1-7H3/t32-,34-,35-/m1/s1. The van der Waals surface area contributed by atoms with Crippen LogP contribution in [0.3, 0.4) is 0 Å².